The molecule has 0 radical (unpaired) electrons. The maximum Gasteiger partial charge on any atom is 0.149 e. The summed E-state index contributed by atoms with van der Waals surface area (Å²) >= 11 is 0. The van der Waals surface area contributed by atoms with E-state index in [-0.39, 0.29) is 11.5 Å². The molecule has 4 nitrogen and oxygen atoms in total. The van der Waals surface area contributed by atoms with Gasteiger partial charge in [0, 0.05) is 31.6 Å². The summed E-state index contributed by atoms with van der Waals surface area (Å²) in [4.78, 5) is 12.1. The summed E-state index contributed by atoms with van der Waals surface area (Å²) < 4.78 is 11.2. The fourth-order valence-corrected chi connectivity index (χ4v) is 2.61. The quantitative estimate of drug-likeness (QED) is 0.802. The van der Waals surface area contributed by atoms with Gasteiger partial charge < -0.3 is 14.8 Å². The Bertz CT molecular complexity index is 272. The first-order valence-corrected chi connectivity index (χ1v) is 6.59. The summed E-state index contributed by atoms with van der Waals surface area (Å²) in [5, 5.41) is 3.20. The molecular formula is C13H23NO3. The van der Waals surface area contributed by atoms with Gasteiger partial charge in [0.1, 0.15) is 5.78 Å². The van der Waals surface area contributed by atoms with E-state index in [0.717, 1.165) is 25.9 Å². The third kappa shape index (κ3) is 3.27. The van der Waals surface area contributed by atoms with Crippen LogP contribution in [0.4, 0.5) is 0 Å². The molecule has 1 N–H and O–H groups in total. The molecule has 2 saturated heterocycles. The van der Waals surface area contributed by atoms with Gasteiger partial charge in [0.15, 0.2) is 0 Å². The lowest BCUT2D eigenvalue weighted by atomic mass is 9.83. The van der Waals surface area contributed by atoms with E-state index < -0.39 is 0 Å². The number of Topliss-reactive ketones (excluding diaryl/α,β-unsaturated/α-hetero) is 1. The van der Waals surface area contributed by atoms with E-state index in [9.17, 15) is 4.79 Å². The number of ketones is 1. The van der Waals surface area contributed by atoms with Crippen molar-refractivity contribution in [2.45, 2.75) is 44.8 Å². The van der Waals surface area contributed by atoms with Crippen molar-refractivity contribution < 1.29 is 14.3 Å². The molecule has 0 aliphatic carbocycles. The predicted molar refractivity (Wildman–Crippen MR) is 65.0 cm³/mol. The molecule has 0 amide bonds. The number of nitrogens with one attached hydrogen (secondary N) is 1. The lowest BCUT2D eigenvalue weighted by Crippen LogP contribution is -2.44. The maximum atomic E-state index is 12.1. The fraction of sp³-hybridized carbons (Fsp3) is 0.923. The molecule has 0 aromatic carbocycles. The van der Waals surface area contributed by atoms with Gasteiger partial charge in [0.2, 0.25) is 0 Å². The zero-order valence-electron chi connectivity index (χ0n) is 10.8. The van der Waals surface area contributed by atoms with Crippen molar-refractivity contribution >= 4 is 5.78 Å². The Morgan fingerprint density at radius 3 is 2.94 bits per heavy atom. The van der Waals surface area contributed by atoms with E-state index in [1.165, 1.54) is 0 Å². The van der Waals surface area contributed by atoms with Crippen LogP contribution < -0.4 is 5.32 Å². The average molecular weight is 241 g/mol. The second kappa shape index (κ2) is 5.46. The van der Waals surface area contributed by atoms with Gasteiger partial charge in [-0.2, -0.15) is 0 Å². The summed E-state index contributed by atoms with van der Waals surface area (Å²) in [5.41, 5.74) is -0.156. The van der Waals surface area contributed by atoms with Crippen LogP contribution in [0.5, 0.6) is 0 Å². The Morgan fingerprint density at radius 1 is 1.47 bits per heavy atom. The van der Waals surface area contributed by atoms with E-state index in [0.29, 0.717) is 31.6 Å². The smallest absolute Gasteiger partial charge is 0.149 e. The highest BCUT2D eigenvalue weighted by atomic mass is 16.6. The molecule has 2 rings (SSSR count). The van der Waals surface area contributed by atoms with Crippen molar-refractivity contribution in [3.05, 3.63) is 0 Å². The van der Waals surface area contributed by atoms with Crippen molar-refractivity contribution in [2.75, 3.05) is 26.4 Å². The van der Waals surface area contributed by atoms with Gasteiger partial charge in [0.25, 0.3) is 0 Å². The van der Waals surface area contributed by atoms with Gasteiger partial charge in [-0.3, -0.25) is 4.79 Å². The fourth-order valence-electron chi connectivity index (χ4n) is 2.61. The zero-order valence-corrected chi connectivity index (χ0v) is 10.8. The molecule has 0 bridgehead atoms. The monoisotopic (exact) mass is 241 g/mol. The molecule has 2 unspecified atom stereocenters. The minimum atomic E-state index is -0.156. The molecule has 2 fully saturated rings. The summed E-state index contributed by atoms with van der Waals surface area (Å²) in [6, 6.07) is 0.363. The minimum absolute atomic E-state index is 0.150. The number of rotatable bonds is 4. The van der Waals surface area contributed by atoms with Gasteiger partial charge >= 0.3 is 0 Å². The van der Waals surface area contributed by atoms with E-state index in [4.69, 9.17) is 9.47 Å². The highest BCUT2D eigenvalue weighted by Crippen LogP contribution is 2.35. The summed E-state index contributed by atoms with van der Waals surface area (Å²) in [7, 11) is 0. The number of hydrogen-bond acceptors (Lipinski definition) is 4. The number of carbonyl (C=O) groups is 1. The van der Waals surface area contributed by atoms with Crippen LogP contribution in [-0.2, 0) is 14.3 Å². The van der Waals surface area contributed by atoms with E-state index in [1.807, 2.05) is 0 Å². The number of hydrogen-bond donors (Lipinski definition) is 1. The Balaban J connectivity index is 1.86. The van der Waals surface area contributed by atoms with Crippen LogP contribution in [0.15, 0.2) is 0 Å². The number of carbonyl (C=O) groups excluding carboxylic acids is 1. The van der Waals surface area contributed by atoms with Gasteiger partial charge in [-0.15, -0.1) is 0 Å². The van der Waals surface area contributed by atoms with E-state index in [1.54, 1.807) is 0 Å². The molecule has 2 aliphatic heterocycles. The topological polar surface area (TPSA) is 47.6 Å². The average Bonchev–Trinajstić information content (AvgIpc) is 2.74. The SMILES string of the molecule is CC(C)NCC(=O)C1CCOC2(CCOC2)C1. The maximum absolute atomic E-state index is 12.1. The molecule has 17 heavy (non-hydrogen) atoms. The van der Waals surface area contributed by atoms with Crippen LogP contribution in [0.3, 0.4) is 0 Å². The van der Waals surface area contributed by atoms with Gasteiger partial charge in [-0.25, -0.2) is 0 Å². The van der Waals surface area contributed by atoms with Crippen molar-refractivity contribution in [3.8, 4) is 0 Å². The van der Waals surface area contributed by atoms with Crippen LogP contribution in [0.25, 0.3) is 0 Å². The van der Waals surface area contributed by atoms with Gasteiger partial charge in [-0.05, 0) is 12.8 Å². The largest absolute Gasteiger partial charge is 0.378 e. The normalized spacial score (nSPS) is 33.5. The summed E-state index contributed by atoms with van der Waals surface area (Å²) in [6.07, 6.45) is 2.64. The van der Waals surface area contributed by atoms with Crippen molar-refractivity contribution in [2.24, 2.45) is 5.92 Å². The highest BCUT2D eigenvalue weighted by molar-refractivity contribution is 5.83. The Labute approximate surface area is 103 Å². The number of ether oxygens (including phenoxy) is 2. The van der Waals surface area contributed by atoms with Crippen molar-refractivity contribution in [3.63, 3.8) is 0 Å². The van der Waals surface area contributed by atoms with Crippen molar-refractivity contribution in [1.82, 2.24) is 5.32 Å². The van der Waals surface area contributed by atoms with E-state index >= 15 is 0 Å². The molecule has 0 aromatic heterocycles. The second-order valence-corrected chi connectivity index (χ2v) is 5.53. The van der Waals surface area contributed by atoms with Gasteiger partial charge in [-0.1, -0.05) is 13.8 Å². The zero-order chi connectivity index (χ0) is 12.3. The molecule has 2 atom stereocenters. The van der Waals surface area contributed by atoms with Crippen LogP contribution in [0.2, 0.25) is 0 Å². The van der Waals surface area contributed by atoms with Crippen molar-refractivity contribution in [1.29, 1.82) is 0 Å². The Kier molecular flexibility index (Phi) is 4.17. The third-order valence-electron chi connectivity index (χ3n) is 3.70. The third-order valence-corrected chi connectivity index (χ3v) is 3.70. The molecule has 4 heteroatoms. The Hall–Kier alpha value is -0.450. The molecule has 0 aromatic rings. The first kappa shape index (κ1) is 13.0. The lowest BCUT2D eigenvalue weighted by Gasteiger charge is -2.36. The molecule has 0 saturated carbocycles. The van der Waals surface area contributed by atoms with Crippen LogP contribution in [0, 0.1) is 5.92 Å². The summed E-state index contributed by atoms with van der Waals surface area (Å²) in [5.74, 6) is 0.477. The molecular weight excluding hydrogens is 218 g/mol. The van der Waals surface area contributed by atoms with E-state index in [2.05, 4.69) is 19.2 Å². The highest BCUT2D eigenvalue weighted by Gasteiger charge is 2.42. The molecule has 2 aliphatic rings. The predicted octanol–water partition coefficient (Wildman–Crippen LogP) is 1.14. The van der Waals surface area contributed by atoms with Crippen LogP contribution in [0.1, 0.15) is 33.1 Å². The lowest BCUT2D eigenvalue weighted by molar-refractivity contribution is -0.136. The van der Waals surface area contributed by atoms with Crippen LogP contribution >= 0.6 is 0 Å². The molecule has 2 heterocycles. The first-order valence-electron chi connectivity index (χ1n) is 6.59. The van der Waals surface area contributed by atoms with Crippen LogP contribution in [-0.4, -0.2) is 43.8 Å². The molecule has 98 valence electrons. The summed E-state index contributed by atoms with van der Waals surface area (Å²) in [6.45, 7) is 6.73. The minimum Gasteiger partial charge on any atom is -0.378 e. The first-order chi connectivity index (χ1) is 8.11. The standard InChI is InChI=1S/C13H23NO3/c1-10(2)14-8-12(15)11-3-5-17-13(7-11)4-6-16-9-13/h10-11,14H,3-9H2,1-2H3. The second-order valence-electron chi connectivity index (χ2n) is 5.53. The Morgan fingerprint density at radius 2 is 2.29 bits per heavy atom. The molecule has 1 spiro atoms. The van der Waals surface area contributed by atoms with Gasteiger partial charge in [0.05, 0.1) is 18.8 Å².